The Morgan fingerprint density at radius 1 is 1.33 bits per heavy atom. The maximum absolute atomic E-state index is 4.35. The van der Waals surface area contributed by atoms with Crippen LogP contribution in [0.3, 0.4) is 0 Å². The highest BCUT2D eigenvalue weighted by Gasteiger charge is 2.12. The lowest BCUT2D eigenvalue weighted by Gasteiger charge is -2.12. The first kappa shape index (κ1) is 12.2. The standard InChI is InChI=1S/C12H23N3/c1-9(2)6-12-11(7-10(3)13-4)8-14-15(12)5/h8-10,13H,6-7H2,1-5H3. The van der Waals surface area contributed by atoms with Gasteiger partial charge in [0.25, 0.3) is 0 Å². The number of aryl methyl sites for hydroxylation is 1. The fraction of sp³-hybridized carbons (Fsp3) is 0.750. The van der Waals surface area contributed by atoms with Crippen molar-refractivity contribution in [3.63, 3.8) is 0 Å². The summed E-state index contributed by atoms with van der Waals surface area (Å²) in [4.78, 5) is 0. The number of nitrogens with zero attached hydrogens (tertiary/aromatic N) is 2. The third-order valence-electron chi connectivity index (χ3n) is 2.77. The minimum absolute atomic E-state index is 0.514. The van der Waals surface area contributed by atoms with E-state index >= 15 is 0 Å². The molecule has 0 aromatic carbocycles. The fourth-order valence-corrected chi connectivity index (χ4v) is 1.76. The van der Waals surface area contributed by atoms with E-state index < -0.39 is 0 Å². The van der Waals surface area contributed by atoms with Gasteiger partial charge in [-0.3, -0.25) is 4.68 Å². The molecule has 0 spiro atoms. The molecule has 3 heteroatoms. The van der Waals surface area contributed by atoms with Gasteiger partial charge in [-0.1, -0.05) is 13.8 Å². The summed E-state index contributed by atoms with van der Waals surface area (Å²) >= 11 is 0. The van der Waals surface area contributed by atoms with Gasteiger partial charge in [0, 0.05) is 18.8 Å². The molecule has 0 aliphatic heterocycles. The fourth-order valence-electron chi connectivity index (χ4n) is 1.76. The lowest BCUT2D eigenvalue weighted by Crippen LogP contribution is -2.24. The zero-order chi connectivity index (χ0) is 11.4. The van der Waals surface area contributed by atoms with Crippen molar-refractivity contribution < 1.29 is 0 Å². The quantitative estimate of drug-likeness (QED) is 0.801. The van der Waals surface area contributed by atoms with Crippen LogP contribution in [-0.2, 0) is 19.9 Å². The SMILES string of the molecule is CNC(C)Cc1cnn(C)c1CC(C)C. The molecule has 1 aromatic rings. The summed E-state index contributed by atoms with van der Waals surface area (Å²) in [7, 11) is 4.04. The summed E-state index contributed by atoms with van der Waals surface area (Å²) in [6.45, 7) is 6.70. The minimum atomic E-state index is 0.514. The highest BCUT2D eigenvalue weighted by molar-refractivity contribution is 5.19. The van der Waals surface area contributed by atoms with Gasteiger partial charge < -0.3 is 5.32 Å². The van der Waals surface area contributed by atoms with Crippen LogP contribution in [0.15, 0.2) is 6.20 Å². The van der Waals surface area contributed by atoms with Crippen molar-refractivity contribution in [2.45, 2.75) is 39.7 Å². The summed E-state index contributed by atoms with van der Waals surface area (Å²) in [6.07, 6.45) is 4.18. The lowest BCUT2D eigenvalue weighted by molar-refractivity contribution is 0.574. The van der Waals surface area contributed by atoms with Crippen molar-refractivity contribution in [3.05, 3.63) is 17.5 Å². The summed E-state index contributed by atoms with van der Waals surface area (Å²) in [5.74, 6) is 0.684. The van der Waals surface area contributed by atoms with E-state index in [1.807, 2.05) is 25.0 Å². The predicted molar refractivity (Wildman–Crippen MR) is 64.0 cm³/mol. The van der Waals surface area contributed by atoms with Gasteiger partial charge >= 0.3 is 0 Å². The van der Waals surface area contributed by atoms with Gasteiger partial charge in [-0.2, -0.15) is 5.10 Å². The highest BCUT2D eigenvalue weighted by Crippen LogP contribution is 2.14. The monoisotopic (exact) mass is 209 g/mol. The average Bonchev–Trinajstić information content (AvgIpc) is 2.49. The zero-order valence-corrected chi connectivity index (χ0v) is 10.5. The number of nitrogens with one attached hydrogen (secondary N) is 1. The molecule has 15 heavy (non-hydrogen) atoms. The smallest absolute Gasteiger partial charge is 0.0525 e. The molecule has 0 saturated heterocycles. The van der Waals surface area contributed by atoms with Gasteiger partial charge in [0.2, 0.25) is 0 Å². The normalized spacial score (nSPS) is 13.5. The van der Waals surface area contributed by atoms with Crippen molar-refractivity contribution in [2.75, 3.05) is 7.05 Å². The Morgan fingerprint density at radius 3 is 2.53 bits per heavy atom. The van der Waals surface area contributed by atoms with Gasteiger partial charge in [0.1, 0.15) is 0 Å². The first-order valence-corrected chi connectivity index (χ1v) is 5.71. The molecule has 1 heterocycles. The van der Waals surface area contributed by atoms with Gasteiger partial charge in [0.15, 0.2) is 0 Å². The van der Waals surface area contributed by atoms with Crippen LogP contribution >= 0.6 is 0 Å². The van der Waals surface area contributed by atoms with Crippen LogP contribution in [0.25, 0.3) is 0 Å². The van der Waals surface area contributed by atoms with E-state index in [1.54, 1.807) is 0 Å². The summed E-state index contributed by atoms with van der Waals surface area (Å²) < 4.78 is 2.01. The Kier molecular flexibility index (Phi) is 4.33. The van der Waals surface area contributed by atoms with Crippen LogP contribution < -0.4 is 5.32 Å². The molecular formula is C12H23N3. The molecule has 0 aliphatic rings. The molecule has 0 aliphatic carbocycles. The molecule has 1 N–H and O–H groups in total. The summed E-state index contributed by atoms with van der Waals surface area (Å²) in [5.41, 5.74) is 2.76. The number of likely N-dealkylation sites (N-methyl/N-ethyl adjacent to an activating group) is 1. The van der Waals surface area contributed by atoms with Crippen molar-refractivity contribution >= 4 is 0 Å². The van der Waals surface area contributed by atoms with E-state index in [-0.39, 0.29) is 0 Å². The van der Waals surface area contributed by atoms with E-state index in [4.69, 9.17) is 0 Å². The van der Waals surface area contributed by atoms with Crippen LogP contribution in [0.2, 0.25) is 0 Å². The average molecular weight is 209 g/mol. The van der Waals surface area contributed by atoms with Crippen LogP contribution in [0.5, 0.6) is 0 Å². The van der Waals surface area contributed by atoms with Crippen LogP contribution in [0, 0.1) is 5.92 Å². The predicted octanol–water partition coefficient (Wildman–Crippen LogP) is 1.77. The van der Waals surface area contributed by atoms with E-state index in [9.17, 15) is 0 Å². The van der Waals surface area contributed by atoms with Crippen LogP contribution in [0.1, 0.15) is 32.0 Å². The van der Waals surface area contributed by atoms with Crippen molar-refractivity contribution in [2.24, 2.45) is 13.0 Å². The maximum Gasteiger partial charge on any atom is 0.0525 e. The molecular weight excluding hydrogens is 186 g/mol. The van der Waals surface area contributed by atoms with E-state index in [2.05, 4.69) is 31.2 Å². The number of aromatic nitrogens is 2. The van der Waals surface area contributed by atoms with E-state index in [0.717, 1.165) is 12.8 Å². The Hall–Kier alpha value is -0.830. The van der Waals surface area contributed by atoms with Crippen molar-refractivity contribution in [1.29, 1.82) is 0 Å². The summed E-state index contributed by atoms with van der Waals surface area (Å²) in [5, 5.41) is 7.61. The molecule has 1 rings (SSSR count). The van der Waals surface area contributed by atoms with Crippen LogP contribution in [-0.4, -0.2) is 22.9 Å². The molecule has 0 bridgehead atoms. The molecule has 0 amide bonds. The minimum Gasteiger partial charge on any atom is -0.317 e. The zero-order valence-electron chi connectivity index (χ0n) is 10.5. The molecule has 0 fully saturated rings. The Labute approximate surface area is 92.9 Å². The topological polar surface area (TPSA) is 29.9 Å². The molecule has 0 radical (unpaired) electrons. The maximum atomic E-state index is 4.35. The second-order valence-corrected chi connectivity index (χ2v) is 4.73. The van der Waals surface area contributed by atoms with Gasteiger partial charge in [-0.05, 0) is 38.3 Å². The second kappa shape index (κ2) is 5.31. The molecule has 3 nitrogen and oxygen atoms in total. The second-order valence-electron chi connectivity index (χ2n) is 4.73. The molecule has 86 valence electrons. The molecule has 1 atom stereocenters. The summed E-state index contributed by atoms with van der Waals surface area (Å²) in [6, 6.07) is 0.514. The Bertz CT molecular complexity index is 302. The number of rotatable bonds is 5. The van der Waals surface area contributed by atoms with Crippen LogP contribution in [0.4, 0.5) is 0 Å². The Morgan fingerprint density at radius 2 is 2.00 bits per heavy atom. The number of hydrogen-bond donors (Lipinski definition) is 1. The van der Waals surface area contributed by atoms with E-state index in [1.165, 1.54) is 11.3 Å². The van der Waals surface area contributed by atoms with Gasteiger partial charge in [0.05, 0.1) is 6.20 Å². The first-order chi connectivity index (χ1) is 7.04. The molecule has 1 unspecified atom stereocenters. The third-order valence-corrected chi connectivity index (χ3v) is 2.77. The van der Waals surface area contributed by atoms with E-state index in [0.29, 0.717) is 12.0 Å². The number of hydrogen-bond acceptors (Lipinski definition) is 2. The lowest BCUT2D eigenvalue weighted by atomic mass is 10.0. The third kappa shape index (κ3) is 3.34. The first-order valence-electron chi connectivity index (χ1n) is 5.71. The van der Waals surface area contributed by atoms with Crippen molar-refractivity contribution in [3.8, 4) is 0 Å². The largest absolute Gasteiger partial charge is 0.317 e. The molecule has 1 aromatic heterocycles. The van der Waals surface area contributed by atoms with Gasteiger partial charge in [-0.25, -0.2) is 0 Å². The highest BCUT2D eigenvalue weighted by atomic mass is 15.3. The molecule has 0 saturated carbocycles. The van der Waals surface area contributed by atoms with Crippen molar-refractivity contribution in [1.82, 2.24) is 15.1 Å². The van der Waals surface area contributed by atoms with Gasteiger partial charge in [-0.15, -0.1) is 0 Å². The Balaban J connectivity index is 2.78.